The third kappa shape index (κ3) is 3.25. The largest absolute Gasteiger partial charge is 0.363 e. The van der Waals surface area contributed by atoms with Gasteiger partial charge in [-0.2, -0.15) is 4.98 Å². The van der Waals surface area contributed by atoms with Gasteiger partial charge < -0.3 is 20.9 Å². The van der Waals surface area contributed by atoms with E-state index in [9.17, 15) is 0 Å². The van der Waals surface area contributed by atoms with Crippen LogP contribution in [0.25, 0.3) is 17.5 Å². The minimum Gasteiger partial charge on any atom is -0.363 e. The number of fused-ring (bicyclic) bond motifs is 2. The van der Waals surface area contributed by atoms with Crippen molar-refractivity contribution in [3.63, 3.8) is 0 Å². The summed E-state index contributed by atoms with van der Waals surface area (Å²) in [6.07, 6.45) is 6.30. The fourth-order valence-electron chi connectivity index (χ4n) is 4.75. The van der Waals surface area contributed by atoms with E-state index in [-0.39, 0.29) is 5.92 Å². The van der Waals surface area contributed by atoms with Crippen LogP contribution < -0.4 is 16.4 Å². The van der Waals surface area contributed by atoms with Gasteiger partial charge >= 0.3 is 6.01 Å². The zero-order valence-electron chi connectivity index (χ0n) is 17.5. The average Bonchev–Trinajstić information content (AvgIpc) is 3.47. The molecule has 2 heterocycles. The molecule has 0 radical (unpaired) electrons. The van der Waals surface area contributed by atoms with Gasteiger partial charge in [0.2, 0.25) is 5.82 Å². The SMILES string of the molecule is N[C@]1(C2CCc3ccccc32)C=Cc2cc(Nc3nc(-c4ccccc4)no3)ccc2N1. The summed E-state index contributed by atoms with van der Waals surface area (Å²) in [6.45, 7) is 0. The first-order chi connectivity index (χ1) is 15.7. The highest BCUT2D eigenvalue weighted by atomic mass is 16.5. The molecule has 158 valence electrons. The first kappa shape index (κ1) is 18.8. The van der Waals surface area contributed by atoms with Crippen molar-refractivity contribution < 1.29 is 4.52 Å². The van der Waals surface area contributed by atoms with Crippen LogP contribution in [0.15, 0.2) is 83.4 Å². The summed E-state index contributed by atoms with van der Waals surface area (Å²) in [6, 6.07) is 24.8. The first-order valence-corrected chi connectivity index (χ1v) is 10.8. The molecule has 4 aromatic rings. The van der Waals surface area contributed by atoms with E-state index in [0.29, 0.717) is 11.8 Å². The maximum atomic E-state index is 6.87. The predicted octanol–water partition coefficient (Wildman–Crippen LogP) is 5.30. The Kier molecular flexibility index (Phi) is 4.33. The molecular weight excluding hydrogens is 398 g/mol. The van der Waals surface area contributed by atoms with Crippen LogP contribution in [0.4, 0.5) is 17.4 Å². The highest BCUT2D eigenvalue weighted by molar-refractivity contribution is 5.77. The standard InChI is InChI=1S/C26H23N5O/c27-26(22-12-10-17-6-4-5-9-21(17)22)15-14-19-16-20(11-13-23(19)30-26)28-25-29-24(31-32-25)18-7-2-1-3-8-18/h1-9,11,13-16,22,30H,10,12,27H2,(H,28,29,31)/t22?,26-/m1/s1. The molecule has 32 heavy (non-hydrogen) atoms. The molecule has 0 bridgehead atoms. The Balaban J connectivity index is 1.22. The molecule has 1 unspecified atom stereocenters. The summed E-state index contributed by atoms with van der Waals surface area (Å²) in [7, 11) is 0. The van der Waals surface area contributed by atoms with Crippen molar-refractivity contribution >= 4 is 23.5 Å². The molecule has 1 aliphatic heterocycles. The quantitative estimate of drug-likeness (QED) is 0.414. The number of nitrogens with zero attached hydrogens (tertiary/aromatic N) is 2. The Morgan fingerprint density at radius 3 is 2.78 bits per heavy atom. The fourth-order valence-corrected chi connectivity index (χ4v) is 4.75. The van der Waals surface area contributed by atoms with Crippen molar-refractivity contribution in [1.29, 1.82) is 0 Å². The zero-order valence-corrected chi connectivity index (χ0v) is 17.5. The molecule has 0 fully saturated rings. The van der Waals surface area contributed by atoms with E-state index < -0.39 is 5.66 Å². The molecule has 0 saturated heterocycles. The van der Waals surface area contributed by atoms with Gasteiger partial charge in [0.25, 0.3) is 0 Å². The normalized spacial score (nSPS) is 21.0. The highest BCUT2D eigenvalue weighted by Gasteiger charge is 2.39. The molecule has 0 amide bonds. The number of benzene rings is 3. The molecule has 0 saturated carbocycles. The van der Waals surface area contributed by atoms with E-state index >= 15 is 0 Å². The maximum Gasteiger partial charge on any atom is 0.326 e. The van der Waals surface area contributed by atoms with Gasteiger partial charge in [0.15, 0.2) is 0 Å². The molecule has 3 aromatic carbocycles. The van der Waals surface area contributed by atoms with Crippen LogP contribution in [0.3, 0.4) is 0 Å². The van der Waals surface area contributed by atoms with Crippen LogP contribution in [0.2, 0.25) is 0 Å². The monoisotopic (exact) mass is 421 g/mol. The lowest BCUT2D eigenvalue weighted by atomic mass is 9.84. The summed E-state index contributed by atoms with van der Waals surface area (Å²) in [5.74, 6) is 0.799. The van der Waals surface area contributed by atoms with Gasteiger partial charge in [0, 0.05) is 22.9 Å². The number of rotatable bonds is 4. The molecule has 6 nitrogen and oxygen atoms in total. The van der Waals surface area contributed by atoms with E-state index in [0.717, 1.165) is 35.3 Å². The molecular formula is C26H23N5O. The summed E-state index contributed by atoms with van der Waals surface area (Å²) in [5.41, 5.74) is 12.9. The van der Waals surface area contributed by atoms with Crippen LogP contribution in [0.5, 0.6) is 0 Å². The molecule has 4 N–H and O–H groups in total. The summed E-state index contributed by atoms with van der Waals surface area (Å²) < 4.78 is 5.38. The van der Waals surface area contributed by atoms with Crippen LogP contribution in [0.1, 0.15) is 29.0 Å². The van der Waals surface area contributed by atoms with Crippen molar-refractivity contribution in [2.75, 3.05) is 10.6 Å². The minimum absolute atomic E-state index is 0.246. The van der Waals surface area contributed by atoms with Crippen molar-refractivity contribution in [3.05, 3.63) is 95.6 Å². The molecule has 6 heteroatoms. The number of hydrogen-bond acceptors (Lipinski definition) is 6. The summed E-state index contributed by atoms with van der Waals surface area (Å²) in [4.78, 5) is 4.44. The average molecular weight is 422 g/mol. The van der Waals surface area contributed by atoms with Gasteiger partial charge in [-0.1, -0.05) is 65.8 Å². The first-order valence-electron chi connectivity index (χ1n) is 10.8. The summed E-state index contributed by atoms with van der Waals surface area (Å²) >= 11 is 0. The van der Waals surface area contributed by atoms with Crippen molar-refractivity contribution in [1.82, 2.24) is 10.1 Å². The smallest absolute Gasteiger partial charge is 0.326 e. The van der Waals surface area contributed by atoms with E-state index in [4.69, 9.17) is 10.3 Å². The molecule has 1 aliphatic carbocycles. The number of nitrogens with one attached hydrogen (secondary N) is 2. The fraction of sp³-hybridized carbons (Fsp3) is 0.154. The Morgan fingerprint density at radius 2 is 1.88 bits per heavy atom. The molecule has 2 aliphatic rings. The Morgan fingerprint density at radius 1 is 1.03 bits per heavy atom. The van der Waals surface area contributed by atoms with Gasteiger partial charge in [-0.05, 0) is 53.8 Å². The van der Waals surface area contributed by atoms with Crippen LogP contribution >= 0.6 is 0 Å². The van der Waals surface area contributed by atoms with Gasteiger partial charge in [-0.15, -0.1) is 0 Å². The second kappa shape index (κ2) is 7.35. The second-order valence-corrected chi connectivity index (χ2v) is 8.40. The van der Waals surface area contributed by atoms with Crippen LogP contribution in [-0.4, -0.2) is 15.8 Å². The van der Waals surface area contributed by atoms with Crippen molar-refractivity contribution in [3.8, 4) is 11.4 Å². The number of aromatic nitrogens is 2. The number of hydrogen-bond donors (Lipinski definition) is 3. The molecule has 0 spiro atoms. The van der Waals surface area contributed by atoms with Gasteiger partial charge in [0.1, 0.15) is 5.66 Å². The highest BCUT2D eigenvalue weighted by Crippen LogP contribution is 2.43. The van der Waals surface area contributed by atoms with E-state index in [1.54, 1.807) is 0 Å². The predicted molar refractivity (Wildman–Crippen MR) is 127 cm³/mol. The van der Waals surface area contributed by atoms with E-state index in [1.807, 2.05) is 48.5 Å². The van der Waals surface area contributed by atoms with Gasteiger partial charge in [0.05, 0.1) is 0 Å². The number of aryl methyl sites for hydroxylation is 1. The second-order valence-electron chi connectivity index (χ2n) is 8.40. The third-order valence-corrected chi connectivity index (χ3v) is 6.36. The summed E-state index contributed by atoms with van der Waals surface area (Å²) in [5, 5.41) is 10.8. The topological polar surface area (TPSA) is 89.0 Å². The third-order valence-electron chi connectivity index (χ3n) is 6.36. The Hall–Kier alpha value is -3.90. The lowest BCUT2D eigenvalue weighted by Gasteiger charge is -2.38. The van der Waals surface area contributed by atoms with E-state index in [1.165, 1.54) is 11.1 Å². The van der Waals surface area contributed by atoms with Gasteiger partial charge in [-0.3, -0.25) is 0 Å². The lowest BCUT2D eigenvalue weighted by molar-refractivity contribution is 0.435. The van der Waals surface area contributed by atoms with Gasteiger partial charge in [-0.25, -0.2) is 0 Å². The van der Waals surface area contributed by atoms with Crippen molar-refractivity contribution in [2.45, 2.75) is 24.4 Å². The molecule has 1 aromatic heterocycles. The lowest BCUT2D eigenvalue weighted by Crippen LogP contribution is -2.51. The number of nitrogens with two attached hydrogens (primary N) is 1. The molecule has 2 atom stereocenters. The maximum absolute atomic E-state index is 6.87. The Bertz CT molecular complexity index is 1310. The van der Waals surface area contributed by atoms with E-state index in [2.05, 4.69) is 57.2 Å². The van der Waals surface area contributed by atoms with Crippen molar-refractivity contribution in [2.24, 2.45) is 5.73 Å². The Labute approximate surface area is 186 Å². The van der Waals surface area contributed by atoms with Crippen LogP contribution in [0, 0.1) is 0 Å². The zero-order chi connectivity index (χ0) is 21.5. The van der Waals surface area contributed by atoms with Crippen LogP contribution in [-0.2, 0) is 6.42 Å². The minimum atomic E-state index is -0.606. The molecule has 6 rings (SSSR count). The number of anilines is 3.